The third kappa shape index (κ3) is 4.15. The number of nitriles is 1. The Morgan fingerprint density at radius 1 is 0.478 bits per heavy atom. The van der Waals surface area contributed by atoms with Gasteiger partial charge in [0.05, 0.1) is 22.7 Å². The summed E-state index contributed by atoms with van der Waals surface area (Å²) in [6.07, 6.45) is 0. The van der Waals surface area contributed by atoms with Gasteiger partial charge in [0.1, 0.15) is 11.2 Å². The van der Waals surface area contributed by atoms with Gasteiger partial charge in [-0.15, -0.1) is 0 Å². The molecule has 0 aliphatic rings. The minimum atomic E-state index is 0.517. The molecule has 6 aromatic carbocycles. The number of fused-ring (bicyclic) bond motifs is 6. The maximum absolute atomic E-state index is 9.49. The van der Waals surface area contributed by atoms with Crippen molar-refractivity contribution in [3.63, 3.8) is 0 Å². The first kappa shape index (κ1) is 25.9. The Morgan fingerprint density at radius 2 is 1.13 bits per heavy atom. The Morgan fingerprint density at radius 3 is 1.91 bits per heavy atom. The molecule has 0 fully saturated rings. The average molecular weight is 590 g/mol. The minimum Gasteiger partial charge on any atom is -0.456 e. The molecule has 3 heterocycles. The predicted molar refractivity (Wildman–Crippen MR) is 182 cm³/mol. The van der Waals surface area contributed by atoms with Gasteiger partial charge < -0.3 is 8.98 Å². The van der Waals surface area contributed by atoms with Crippen LogP contribution in [0.5, 0.6) is 0 Å². The van der Waals surface area contributed by atoms with Crippen molar-refractivity contribution in [3.8, 4) is 45.9 Å². The second kappa shape index (κ2) is 10.3. The van der Waals surface area contributed by atoms with Gasteiger partial charge in [0.15, 0.2) is 17.5 Å². The van der Waals surface area contributed by atoms with Crippen LogP contribution in [0.15, 0.2) is 144 Å². The fraction of sp³-hybridized carbons (Fsp3) is 0. The predicted octanol–water partition coefficient (Wildman–Crippen LogP) is 9.74. The molecule has 0 aliphatic heterocycles. The van der Waals surface area contributed by atoms with Crippen molar-refractivity contribution in [3.05, 3.63) is 145 Å². The van der Waals surface area contributed by atoms with Gasteiger partial charge in [-0.2, -0.15) is 5.26 Å². The van der Waals surface area contributed by atoms with Crippen LogP contribution in [0.2, 0.25) is 0 Å². The van der Waals surface area contributed by atoms with E-state index in [2.05, 4.69) is 77.4 Å². The topological polar surface area (TPSA) is 80.5 Å². The van der Waals surface area contributed by atoms with E-state index in [1.54, 1.807) is 12.1 Å². The van der Waals surface area contributed by atoms with Gasteiger partial charge >= 0.3 is 0 Å². The third-order valence-corrected chi connectivity index (χ3v) is 8.47. The number of aromatic nitrogens is 4. The van der Waals surface area contributed by atoms with Crippen LogP contribution in [-0.4, -0.2) is 19.5 Å². The highest BCUT2D eigenvalue weighted by Crippen LogP contribution is 2.38. The molecule has 0 radical (unpaired) electrons. The molecule has 0 amide bonds. The van der Waals surface area contributed by atoms with E-state index in [0.717, 1.165) is 66.1 Å². The summed E-state index contributed by atoms with van der Waals surface area (Å²) < 4.78 is 8.54. The van der Waals surface area contributed by atoms with Crippen molar-refractivity contribution in [2.75, 3.05) is 0 Å². The zero-order valence-electron chi connectivity index (χ0n) is 24.4. The molecule has 0 saturated heterocycles. The molecule has 6 heteroatoms. The highest BCUT2D eigenvalue weighted by atomic mass is 16.3. The van der Waals surface area contributed by atoms with Crippen LogP contribution < -0.4 is 0 Å². The molecule has 9 aromatic rings. The summed E-state index contributed by atoms with van der Waals surface area (Å²) in [7, 11) is 0. The van der Waals surface area contributed by atoms with Gasteiger partial charge in [-0.05, 0) is 60.7 Å². The Balaban J connectivity index is 1.21. The molecular formula is C40H23N5O. The van der Waals surface area contributed by atoms with Crippen molar-refractivity contribution < 1.29 is 4.42 Å². The Bertz CT molecular complexity index is 2640. The zero-order valence-corrected chi connectivity index (χ0v) is 24.4. The van der Waals surface area contributed by atoms with Crippen LogP contribution in [-0.2, 0) is 0 Å². The zero-order chi connectivity index (χ0) is 30.6. The normalized spacial score (nSPS) is 11.5. The van der Waals surface area contributed by atoms with Crippen molar-refractivity contribution >= 4 is 43.7 Å². The minimum absolute atomic E-state index is 0.517. The summed E-state index contributed by atoms with van der Waals surface area (Å²) in [6.45, 7) is 0. The quantitative estimate of drug-likeness (QED) is 0.204. The van der Waals surface area contributed by atoms with Crippen molar-refractivity contribution in [2.24, 2.45) is 0 Å². The molecule has 0 aliphatic carbocycles. The second-order valence-corrected chi connectivity index (χ2v) is 11.2. The summed E-state index contributed by atoms with van der Waals surface area (Å²) in [4.78, 5) is 14.6. The van der Waals surface area contributed by atoms with Crippen molar-refractivity contribution in [1.29, 1.82) is 5.26 Å². The van der Waals surface area contributed by atoms with E-state index >= 15 is 0 Å². The molecule has 0 unspecified atom stereocenters. The average Bonchev–Trinajstić information content (AvgIpc) is 3.65. The summed E-state index contributed by atoms with van der Waals surface area (Å²) in [6, 6.07) is 48.8. The van der Waals surface area contributed by atoms with Gasteiger partial charge in [0.2, 0.25) is 0 Å². The van der Waals surface area contributed by atoms with Gasteiger partial charge in [-0.3, -0.25) is 0 Å². The van der Waals surface area contributed by atoms with E-state index < -0.39 is 0 Å². The second-order valence-electron chi connectivity index (χ2n) is 11.2. The number of para-hydroxylation sites is 2. The van der Waals surface area contributed by atoms with E-state index in [0.29, 0.717) is 23.0 Å². The van der Waals surface area contributed by atoms with E-state index in [4.69, 9.17) is 19.4 Å². The smallest absolute Gasteiger partial charge is 0.164 e. The molecule has 3 aromatic heterocycles. The Hall–Kier alpha value is -6.58. The first-order chi connectivity index (χ1) is 22.7. The number of nitrogens with zero attached hydrogens (tertiary/aromatic N) is 5. The standard InChI is InChI=1S/C40H23N5O/c41-24-25-9-8-12-28(21-25)40-43-38(26-10-2-1-3-11-26)42-39(44-40)27-17-19-29(20-18-27)45-34-15-6-4-13-30(34)32-23-37-33(22-35(32)45)31-14-5-7-16-36(31)46-37/h1-23H. The molecule has 0 spiro atoms. The van der Waals surface area contributed by atoms with Gasteiger partial charge in [-0.1, -0.05) is 78.9 Å². The largest absolute Gasteiger partial charge is 0.456 e. The molecule has 0 bridgehead atoms. The number of hydrogen-bond donors (Lipinski definition) is 0. The molecule has 0 N–H and O–H groups in total. The van der Waals surface area contributed by atoms with Crippen LogP contribution in [0, 0.1) is 11.3 Å². The van der Waals surface area contributed by atoms with Crippen molar-refractivity contribution in [2.45, 2.75) is 0 Å². The fourth-order valence-corrected chi connectivity index (χ4v) is 6.30. The Kier molecular flexibility index (Phi) is 5.77. The molecule has 46 heavy (non-hydrogen) atoms. The molecule has 6 nitrogen and oxygen atoms in total. The number of furan rings is 1. The SMILES string of the molecule is N#Cc1cccc(-c2nc(-c3ccccc3)nc(-c3ccc(-n4c5ccccc5c5cc6oc7ccccc7c6cc54)cc3)n2)c1. The lowest BCUT2D eigenvalue weighted by atomic mass is 10.1. The summed E-state index contributed by atoms with van der Waals surface area (Å²) in [5.41, 5.74) is 8.10. The maximum Gasteiger partial charge on any atom is 0.164 e. The fourth-order valence-electron chi connectivity index (χ4n) is 6.30. The van der Waals surface area contributed by atoms with E-state index in [1.807, 2.05) is 60.7 Å². The van der Waals surface area contributed by atoms with Crippen molar-refractivity contribution in [1.82, 2.24) is 19.5 Å². The van der Waals surface area contributed by atoms with Gasteiger partial charge in [0.25, 0.3) is 0 Å². The maximum atomic E-state index is 9.49. The summed E-state index contributed by atoms with van der Waals surface area (Å²) in [5, 5.41) is 14.0. The van der Waals surface area contributed by atoms with Crippen LogP contribution in [0.1, 0.15) is 5.56 Å². The summed E-state index contributed by atoms with van der Waals surface area (Å²) in [5.74, 6) is 1.65. The molecular weight excluding hydrogens is 566 g/mol. The van der Waals surface area contributed by atoms with Crippen LogP contribution in [0.3, 0.4) is 0 Å². The summed E-state index contributed by atoms with van der Waals surface area (Å²) >= 11 is 0. The van der Waals surface area contributed by atoms with Gasteiger partial charge in [-0.25, -0.2) is 15.0 Å². The molecule has 0 saturated carbocycles. The van der Waals surface area contributed by atoms with Crippen LogP contribution >= 0.6 is 0 Å². The molecule has 9 rings (SSSR count). The van der Waals surface area contributed by atoms with E-state index in [1.165, 1.54) is 0 Å². The highest BCUT2D eigenvalue weighted by molar-refractivity contribution is 6.17. The van der Waals surface area contributed by atoms with Crippen LogP contribution in [0.25, 0.3) is 83.6 Å². The number of hydrogen-bond acceptors (Lipinski definition) is 5. The first-order valence-electron chi connectivity index (χ1n) is 15.0. The van der Waals surface area contributed by atoms with Crippen LogP contribution in [0.4, 0.5) is 0 Å². The Labute approximate surface area is 263 Å². The lowest BCUT2D eigenvalue weighted by Crippen LogP contribution is -2.00. The highest BCUT2D eigenvalue weighted by Gasteiger charge is 2.17. The third-order valence-electron chi connectivity index (χ3n) is 8.47. The monoisotopic (exact) mass is 589 g/mol. The van der Waals surface area contributed by atoms with Gasteiger partial charge in [0, 0.05) is 43.9 Å². The number of benzene rings is 6. The number of rotatable bonds is 4. The van der Waals surface area contributed by atoms with E-state index in [-0.39, 0.29) is 0 Å². The lowest BCUT2D eigenvalue weighted by Gasteiger charge is -2.11. The molecule has 214 valence electrons. The first-order valence-corrected chi connectivity index (χ1v) is 15.0. The molecule has 0 atom stereocenters. The van der Waals surface area contributed by atoms with E-state index in [9.17, 15) is 5.26 Å². The lowest BCUT2D eigenvalue weighted by molar-refractivity contribution is 0.669.